The Morgan fingerprint density at radius 2 is 1.88 bits per heavy atom. The Labute approximate surface area is 158 Å². The molecule has 0 N–H and O–H groups in total. The van der Waals surface area contributed by atoms with Crippen molar-refractivity contribution >= 4 is 31.9 Å². The lowest BCUT2D eigenvalue weighted by atomic mass is 10.1. The highest BCUT2D eigenvalue weighted by Crippen LogP contribution is 2.25. The lowest BCUT2D eigenvalue weighted by Crippen LogP contribution is -2.50. The average molecular weight is 446 g/mol. The zero-order valence-corrected chi connectivity index (χ0v) is 16.6. The van der Waals surface area contributed by atoms with Crippen LogP contribution in [0.1, 0.15) is 21.8 Å². The standard InChI is InChI=1S/C16H17BrFN3O4S/c1-10-15(11(2)25-19-10)26(23,24)21-7-5-20(6-8-21)16(22)13-4-3-12(17)9-14(13)18/h3-4,9H,5-8H2,1-2H3. The second-order valence-electron chi connectivity index (χ2n) is 5.97. The largest absolute Gasteiger partial charge is 0.360 e. The summed E-state index contributed by atoms with van der Waals surface area (Å²) in [6.07, 6.45) is 0. The third-order valence-electron chi connectivity index (χ3n) is 4.25. The first-order chi connectivity index (χ1) is 12.2. The Morgan fingerprint density at radius 3 is 2.42 bits per heavy atom. The number of hydrogen-bond donors (Lipinski definition) is 0. The Morgan fingerprint density at radius 1 is 1.23 bits per heavy atom. The lowest BCUT2D eigenvalue weighted by Gasteiger charge is -2.34. The molecule has 0 spiro atoms. The molecular weight excluding hydrogens is 429 g/mol. The molecule has 0 unspecified atom stereocenters. The van der Waals surface area contributed by atoms with E-state index in [-0.39, 0.29) is 42.4 Å². The topological polar surface area (TPSA) is 83.7 Å². The number of halogens is 2. The molecule has 1 aliphatic rings. The van der Waals surface area contributed by atoms with E-state index in [0.29, 0.717) is 10.2 Å². The molecule has 0 bridgehead atoms. The molecule has 2 heterocycles. The maximum absolute atomic E-state index is 14.0. The molecular formula is C16H17BrFN3O4S. The van der Waals surface area contributed by atoms with Crippen LogP contribution in [0.5, 0.6) is 0 Å². The molecule has 1 amide bonds. The zero-order chi connectivity index (χ0) is 19.1. The molecule has 1 aromatic heterocycles. The van der Waals surface area contributed by atoms with Crippen molar-refractivity contribution < 1.29 is 22.1 Å². The number of carbonyl (C=O) groups excluding carboxylic acids is 1. The molecule has 7 nitrogen and oxygen atoms in total. The van der Waals surface area contributed by atoms with Crippen LogP contribution >= 0.6 is 15.9 Å². The van der Waals surface area contributed by atoms with Gasteiger partial charge in [0.2, 0.25) is 10.0 Å². The zero-order valence-electron chi connectivity index (χ0n) is 14.2. The lowest BCUT2D eigenvalue weighted by molar-refractivity contribution is 0.0693. The monoisotopic (exact) mass is 445 g/mol. The van der Waals surface area contributed by atoms with Crippen LogP contribution in [0.25, 0.3) is 0 Å². The van der Waals surface area contributed by atoms with Crippen molar-refractivity contribution in [1.82, 2.24) is 14.4 Å². The van der Waals surface area contributed by atoms with Crippen molar-refractivity contribution in [2.75, 3.05) is 26.2 Å². The van der Waals surface area contributed by atoms with Crippen LogP contribution in [0.4, 0.5) is 4.39 Å². The summed E-state index contributed by atoms with van der Waals surface area (Å²) in [6, 6.07) is 4.23. The third-order valence-corrected chi connectivity index (χ3v) is 6.89. The van der Waals surface area contributed by atoms with Gasteiger partial charge in [-0.05, 0) is 32.0 Å². The van der Waals surface area contributed by atoms with Gasteiger partial charge in [0.1, 0.15) is 16.4 Å². The Bertz CT molecular complexity index is 933. The van der Waals surface area contributed by atoms with Crippen LogP contribution in [0, 0.1) is 19.7 Å². The van der Waals surface area contributed by atoms with E-state index in [1.165, 1.54) is 21.3 Å². The number of benzene rings is 1. The molecule has 0 aliphatic carbocycles. The number of rotatable bonds is 3. The van der Waals surface area contributed by atoms with Gasteiger partial charge in [0.15, 0.2) is 5.76 Å². The quantitative estimate of drug-likeness (QED) is 0.723. The van der Waals surface area contributed by atoms with E-state index in [0.717, 1.165) is 0 Å². The summed E-state index contributed by atoms with van der Waals surface area (Å²) in [7, 11) is -3.75. The SMILES string of the molecule is Cc1noc(C)c1S(=O)(=O)N1CCN(C(=O)c2ccc(Br)cc2F)CC1. The number of hydrogen-bond acceptors (Lipinski definition) is 5. The van der Waals surface area contributed by atoms with Gasteiger partial charge in [-0.3, -0.25) is 4.79 Å². The molecule has 1 aliphatic heterocycles. The van der Waals surface area contributed by atoms with Crippen molar-refractivity contribution in [3.8, 4) is 0 Å². The number of nitrogens with zero attached hydrogens (tertiary/aromatic N) is 3. The van der Waals surface area contributed by atoms with Crippen LogP contribution in [-0.4, -0.2) is 54.9 Å². The van der Waals surface area contributed by atoms with Gasteiger partial charge in [0.25, 0.3) is 5.91 Å². The van der Waals surface area contributed by atoms with Gasteiger partial charge in [0.05, 0.1) is 5.56 Å². The summed E-state index contributed by atoms with van der Waals surface area (Å²) in [5.41, 5.74) is 0.271. The number of sulfonamides is 1. The molecule has 1 aromatic carbocycles. The second-order valence-corrected chi connectivity index (χ2v) is 8.76. The van der Waals surface area contributed by atoms with Crippen molar-refractivity contribution in [2.24, 2.45) is 0 Å². The minimum Gasteiger partial charge on any atom is -0.360 e. The van der Waals surface area contributed by atoms with E-state index in [1.807, 2.05) is 0 Å². The fraction of sp³-hybridized carbons (Fsp3) is 0.375. The van der Waals surface area contributed by atoms with Crippen molar-refractivity contribution in [3.63, 3.8) is 0 Å². The normalized spacial score (nSPS) is 16.1. The average Bonchev–Trinajstić information content (AvgIpc) is 2.93. The summed E-state index contributed by atoms with van der Waals surface area (Å²) in [5.74, 6) is -0.836. The van der Waals surface area contributed by atoms with Gasteiger partial charge >= 0.3 is 0 Å². The third kappa shape index (κ3) is 3.40. The van der Waals surface area contributed by atoms with Crippen LogP contribution < -0.4 is 0 Å². The van der Waals surface area contributed by atoms with Gasteiger partial charge in [-0.25, -0.2) is 12.8 Å². The summed E-state index contributed by atoms with van der Waals surface area (Å²) in [6.45, 7) is 3.71. The summed E-state index contributed by atoms with van der Waals surface area (Å²) >= 11 is 3.15. The van der Waals surface area contributed by atoms with Crippen LogP contribution in [0.3, 0.4) is 0 Å². The van der Waals surface area contributed by atoms with Gasteiger partial charge < -0.3 is 9.42 Å². The first-order valence-electron chi connectivity index (χ1n) is 7.89. The minimum absolute atomic E-state index is 0.0322. The van der Waals surface area contributed by atoms with Crippen molar-refractivity contribution in [3.05, 3.63) is 45.5 Å². The fourth-order valence-corrected chi connectivity index (χ4v) is 4.98. The summed E-state index contributed by atoms with van der Waals surface area (Å²) in [4.78, 5) is 14.0. The van der Waals surface area contributed by atoms with Gasteiger partial charge in [-0.2, -0.15) is 4.31 Å². The van der Waals surface area contributed by atoms with E-state index in [2.05, 4.69) is 21.1 Å². The minimum atomic E-state index is -3.75. The van der Waals surface area contributed by atoms with Crippen molar-refractivity contribution in [2.45, 2.75) is 18.7 Å². The number of aryl methyl sites for hydroxylation is 2. The van der Waals surface area contributed by atoms with E-state index in [9.17, 15) is 17.6 Å². The molecule has 1 saturated heterocycles. The smallest absolute Gasteiger partial charge is 0.256 e. The predicted octanol–water partition coefficient (Wildman–Crippen LogP) is 2.34. The van der Waals surface area contributed by atoms with E-state index in [4.69, 9.17) is 4.52 Å². The van der Waals surface area contributed by atoms with E-state index in [1.54, 1.807) is 19.9 Å². The molecule has 26 heavy (non-hydrogen) atoms. The number of amides is 1. The molecule has 0 radical (unpaired) electrons. The van der Waals surface area contributed by atoms with E-state index < -0.39 is 21.7 Å². The van der Waals surface area contributed by atoms with Gasteiger partial charge in [0, 0.05) is 30.7 Å². The van der Waals surface area contributed by atoms with Crippen molar-refractivity contribution in [1.29, 1.82) is 0 Å². The Hall–Kier alpha value is -1.78. The molecule has 0 atom stereocenters. The van der Waals surface area contributed by atoms with E-state index >= 15 is 0 Å². The fourth-order valence-electron chi connectivity index (χ4n) is 2.94. The molecule has 2 aromatic rings. The van der Waals surface area contributed by atoms with Crippen LogP contribution in [0.2, 0.25) is 0 Å². The Balaban J connectivity index is 1.74. The molecule has 140 valence electrons. The number of carbonyl (C=O) groups is 1. The maximum Gasteiger partial charge on any atom is 0.256 e. The number of aromatic nitrogens is 1. The highest BCUT2D eigenvalue weighted by atomic mass is 79.9. The first-order valence-corrected chi connectivity index (χ1v) is 10.1. The first kappa shape index (κ1) is 19.0. The Kier molecular flexibility index (Phi) is 5.18. The van der Waals surface area contributed by atoms with Crippen LogP contribution in [0.15, 0.2) is 32.1 Å². The van der Waals surface area contributed by atoms with Gasteiger partial charge in [-0.15, -0.1) is 0 Å². The predicted molar refractivity (Wildman–Crippen MR) is 94.7 cm³/mol. The molecule has 10 heteroatoms. The molecule has 3 rings (SSSR count). The molecule has 1 fully saturated rings. The second kappa shape index (κ2) is 7.09. The highest BCUT2D eigenvalue weighted by Gasteiger charge is 2.34. The number of piperazine rings is 1. The van der Waals surface area contributed by atoms with Gasteiger partial charge in [-0.1, -0.05) is 21.1 Å². The maximum atomic E-state index is 14.0. The summed E-state index contributed by atoms with van der Waals surface area (Å²) < 4.78 is 46.3. The molecule has 0 saturated carbocycles. The summed E-state index contributed by atoms with van der Waals surface area (Å²) in [5, 5.41) is 3.69. The highest BCUT2D eigenvalue weighted by molar-refractivity contribution is 9.10. The van der Waals surface area contributed by atoms with Crippen LogP contribution in [-0.2, 0) is 10.0 Å².